The van der Waals surface area contributed by atoms with Crippen molar-refractivity contribution in [1.82, 2.24) is 10.2 Å². The first kappa shape index (κ1) is 13.4. The summed E-state index contributed by atoms with van der Waals surface area (Å²) in [5, 5.41) is 11.6. The van der Waals surface area contributed by atoms with E-state index in [9.17, 15) is 4.79 Å². The molecule has 0 fully saturated rings. The highest BCUT2D eigenvalue weighted by atomic mass is 32.1. The number of methoxy groups -OCH3 is 1. The van der Waals surface area contributed by atoms with E-state index in [1.165, 1.54) is 17.4 Å². The van der Waals surface area contributed by atoms with Crippen LogP contribution in [0.3, 0.4) is 0 Å². The average Bonchev–Trinajstić information content (AvgIpc) is 2.85. The maximum absolute atomic E-state index is 11.7. The van der Waals surface area contributed by atoms with Crippen molar-refractivity contribution in [3.63, 3.8) is 0 Å². The molecule has 1 aromatic heterocycles. The third-order valence-electron chi connectivity index (χ3n) is 2.19. The maximum atomic E-state index is 11.7. The van der Waals surface area contributed by atoms with Crippen LogP contribution < -0.4 is 5.32 Å². The number of nitrogens with zero attached hydrogens (tertiary/aromatic N) is 2. The van der Waals surface area contributed by atoms with Gasteiger partial charge in [-0.1, -0.05) is 41.7 Å². The third kappa shape index (κ3) is 4.27. The Kier molecular flexibility index (Phi) is 4.77. The van der Waals surface area contributed by atoms with Gasteiger partial charge in [-0.2, -0.15) is 0 Å². The molecule has 19 heavy (non-hydrogen) atoms. The molecule has 2 aromatic rings. The van der Waals surface area contributed by atoms with Gasteiger partial charge in [-0.3, -0.25) is 10.1 Å². The average molecular weight is 275 g/mol. The molecule has 0 aliphatic heterocycles. The molecule has 0 unspecified atom stereocenters. The molecular formula is C13H13N3O2S. The lowest BCUT2D eigenvalue weighted by Gasteiger charge is -1.95. The molecule has 1 amide bonds. The van der Waals surface area contributed by atoms with E-state index < -0.39 is 0 Å². The molecule has 1 aromatic carbocycles. The van der Waals surface area contributed by atoms with Gasteiger partial charge < -0.3 is 4.74 Å². The minimum atomic E-state index is -0.232. The number of benzene rings is 1. The van der Waals surface area contributed by atoms with Crippen LogP contribution in [0.25, 0.3) is 6.08 Å². The zero-order chi connectivity index (χ0) is 13.5. The van der Waals surface area contributed by atoms with Gasteiger partial charge in [-0.05, 0) is 11.6 Å². The second kappa shape index (κ2) is 6.77. The van der Waals surface area contributed by atoms with E-state index in [0.717, 1.165) is 10.6 Å². The molecule has 0 bridgehead atoms. The van der Waals surface area contributed by atoms with Crippen LogP contribution in [-0.2, 0) is 16.1 Å². The molecular weight excluding hydrogens is 262 g/mol. The summed E-state index contributed by atoms with van der Waals surface area (Å²) in [6.07, 6.45) is 3.21. The Labute approximate surface area is 114 Å². The van der Waals surface area contributed by atoms with E-state index in [4.69, 9.17) is 4.74 Å². The minimum Gasteiger partial charge on any atom is -0.377 e. The Bertz CT molecular complexity index is 566. The van der Waals surface area contributed by atoms with Crippen LogP contribution in [0.2, 0.25) is 0 Å². The summed E-state index contributed by atoms with van der Waals surface area (Å²) in [6.45, 7) is 0.396. The van der Waals surface area contributed by atoms with E-state index in [1.54, 1.807) is 13.2 Å². The zero-order valence-electron chi connectivity index (χ0n) is 10.4. The fourth-order valence-electron chi connectivity index (χ4n) is 1.37. The largest absolute Gasteiger partial charge is 0.377 e. The fourth-order valence-corrected chi connectivity index (χ4v) is 2.08. The Morgan fingerprint density at radius 3 is 2.89 bits per heavy atom. The molecule has 1 N–H and O–H groups in total. The zero-order valence-corrected chi connectivity index (χ0v) is 11.2. The predicted molar refractivity (Wildman–Crippen MR) is 74.7 cm³/mol. The molecule has 1 heterocycles. The van der Waals surface area contributed by atoms with Crippen molar-refractivity contribution in [1.29, 1.82) is 0 Å². The quantitative estimate of drug-likeness (QED) is 0.851. The molecule has 0 saturated carbocycles. The number of nitrogens with one attached hydrogen (secondary N) is 1. The topological polar surface area (TPSA) is 64.1 Å². The number of hydrogen-bond acceptors (Lipinski definition) is 5. The van der Waals surface area contributed by atoms with Gasteiger partial charge in [-0.15, -0.1) is 10.2 Å². The monoisotopic (exact) mass is 275 g/mol. The molecule has 0 radical (unpaired) electrons. The molecule has 0 aliphatic carbocycles. The highest BCUT2D eigenvalue weighted by molar-refractivity contribution is 7.15. The van der Waals surface area contributed by atoms with Crippen molar-refractivity contribution < 1.29 is 9.53 Å². The van der Waals surface area contributed by atoms with Crippen molar-refractivity contribution in [2.24, 2.45) is 0 Å². The summed E-state index contributed by atoms with van der Waals surface area (Å²) in [5.74, 6) is -0.232. The maximum Gasteiger partial charge on any atom is 0.250 e. The molecule has 98 valence electrons. The number of ether oxygens (including phenoxy) is 1. The summed E-state index contributed by atoms with van der Waals surface area (Å²) >= 11 is 1.29. The van der Waals surface area contributed by atoms with Gasteiger partial charge in [0.2, 0.25) is 11.0 Å². The van der Waals surface area contributed by atoms with Crippen LogP contribution in [0.15, 0.2) is 36.4 Å². The van der Waals surface area contributed by atoms with Crippen molar-refractivity contribution >= 4 is 28.5 Å². The second-order valence-electron chi connectivity index (χ2n) is 3.67. The van der Waals surface area contributed by atoms with Crippen molar-refractivity contribution in [3.8, 4) is 0 Å². The summed E-state index contributed by atoms with van der Waals surface area (Å²) in [6, 6.07) is 9.60. The van der Waals surface area contributed by atoms with Crippen LogP contribution in [0.1, 0.15) is 10.6 Å². The van der Waals surface area contributed by atoms with Crippen molar-refractivity contribution in [2.75, 3.05) is 12.4 Å². The Hall–Kier alpha value is -2.05. The van der Waals surface area contributed by atoms with E-state index in [2.05, 4.69) is 15.5 Å². The number of carbonyl (C=O) groups excluding carboxylic acids is 1. The fraction of sp³-hybridized carbons (Fsp3) is 0.154. The highest BCUT2D eigenvalue weighted by Gasteiger charge is 2.05. The molecule has 6 heteroatoms. The lowest BCUT2D eigenvalue weighted by Crippen LogP contribution is -2.07. The molecule has 0 atom stereocenters. The van der Waals surface area contributed by atoms with Gasteiger partial charge in [0.15, 0.2) is 0 Å². The van der Waals surface area contributed by atoms with Crippen LogP contribution in [0.4, 0.5) is 5.13 Å². The van der Waals surface area contributed by atoms with E-state index in [-0.39, 0.29) is 5.91 Å². The van der Waals surface area contributed by atoms with Crippen molar-refractivity contribution in [2.45, 2.75) is 6.61 Å². The van der Waals surface area contributed by atoms with Gasteiger partial charge in [-0.25, -0.2) is 0 Å². The smallest absolute Gasteiger partial charge is 0.250 e. The van der Waals surface area contributed by atoms with E-state index in [1.807, 2.05) is 30.3 Å². The summed E-state index contributed by atoms with van der Waals surface area (Å²) < 4.78 is 4.93. The summed E-state index contributed by atoms with van der Waals surface area (Å²) in [5.41, 5.74) is 0.968. The molecule has 5 nitrogen and oxygen atoms in total. The second-order valence-corrected chi connectivity index (χ2v) is 4.73. The normalized spacial score (nSPS) is 10.8. The lowest BCUT2D eigenvalue weighted by atomic mass is 10.2. The van der Waals surface area contributed by atoms with Crippen LogP contribution in [-0.4, -0.2) is 23.2 Å². The third-order valence-corrected chi connectivity index (χ3v) is 3.00. The summed E-state index contributed by atoms with van der Waals surface area (Å²) in [4.78, 5) is 11.7. The first-order valence-corrected chi connectivity index (χ1v) is 6.45. The number of amides is 1. The minimum absolute atomic E-state index is 0.232. The van der Waals surface area contributed by atoms with Gasteiger partial charge in [0.25, 0.3) is 0 Å². The molecule has 2 rings (SSSR count). The van der Waals surface area contributed by atoms with Gasteiger partial charge >= 0.3 is 0 Å². The van der Waals surface area contributed by atoms with Crippen LogP contribution >= 0.6 is 11.3 Å². The highest BCUT2D eigenvalue weighted by Crippen LogP contribution is 2.15. The number of aromatic nitrogens is 2. The SMILES string of the molecule is COCc1nnc(NC(=O)/C=C/c2ccccc2)s1. The number of anilines is 1. The van der Waals surface area contributed by atoms with Crippen LogP contribution in [0, 0.1) is 0 Å². The van der Waals surface area contributed by atoms with E-state index in [0.29, 0.717) is 11.7 Å². The first-order valence-electron chi connectivity index (χ1n) is 5.63. The molecule has 0 saturated heterocycles. The number of carbonyl (C=O) groups is 1. The standard InChI is InChI=1S/C13H13N3O2S/c1-18-9-12-15-16-13(19-12)14-11(17)8-7-10-5-3-2-4-6-10/h2-8H,9H2,1H3,(H,14,16,17)/b8-7+. The van der Waals surface area contributed by atoms with Crippen molar-refractivity contribution in [3.05, 3.63) is 47.0 Å². The predicted octanol–water partition coefficient (Wildman–Crippen LogP) is 2.34. The lowest BCUT2D eigenvalue weighted by molar-refractivity contribution is -0.111. The summed E-state index contributed by atoms with van der Waals surface area (Å²) in [7, 11) is 1.59. The van der Waals surface area contributed by atoms with Gasteiger partial charge in [0, 0.05) is 13.2 Å². The van der Waals surface area contributed by atoms with Crippen LogP contribution in [0.5, 0.6) is 0 Å². The van der Waals surface area contributed by atoms with Gasteiger partial charge in [0.05, 0.1) is 0 Å². The Balaban J connectivity index is 1.92. The van der Waals surface area contributed by atoms with E-state index >= 15 is 0 Å². The Morgan fingerprint density at radius 1 is 1.37 bits per heavy atom. The molecule has 0 spiro atoms. The van der Waals surface area contributed by atoms with Gasteiger partial charge in [0.1, 0.15) is 11.6 Å². The Morgan fingerprint density at radius 2 is 2.16 bits per heavy atom. The first-order chi connectivity index (χ1) is 9.28. The number of hydrogen-bond donors (Lipinski definition) is 1. The number of rotatable bonds is 5. The molecule has 0 aliphatic rings.